The molecule has 2 rings (SSSR count). The summed E-state index contributed by atoms with van der Waals surface area (Å²) in [4.78, 5) is 3.96. The molecular formula is C13H7F3N2OS. The van der Waals surface area contributed by atoms with Gasteiger partial charge in [0, 0.05) is 10.9 Å². The zero-order chi connectivity index (χ0) is 14.8. The second-order valence-corrected chi connectivity index (χ2v) is 4.60. The SMILES string of the molecule is N#CC(=C(O)C(F)(F)F)c1csc(-c2ccccc2)n1. The van der Waals surface area contributed by atoms with Gasteiger partial charge in [0.2, 0.25) is 5.76 Å². The molecule has 0 spiro atoms. The topological polar surface area (TPSA) is 56.9 Å². The Morgan fingerprint density at radius 1 is 1.25 bits per heavy atom. The van der Waals surface area contributed by atoms with E-state index in [0.29, 0.717) is 5.01 Å². The Balaban J connectivity index is 2.46. The van der Waals surface area contributed by atoms with Crippen molar-refractivity contribution in [2.45, 2.75) is 6.18 Å². The van der Waals surface area contributed by atoms with E-state index in [1.165, 1.54) is 11.4 Å². The van der Waals surface area contributed by atoms with Crippen molar-refractivity contribution in [3.8, 4) is 16.6 Å². The van der Waals surface area contributed by atoms with Crippen molar-refractivity contribution < 1.29 is 18.3 Å². The summed E-state index contributed by atoms with van der Waals surface area (Å²) in [5.41, 5.74) is -0.338. The number of benzene rings is 1. The summed E-state index contributed by atoms with van der Waals surface area (Å²) in [7, 11) is 0. The highest BCUT2D eigenvalue weighted by Gasteiger charge is 2.37. The van der Waals surface area contributed by atoms with Crippen LogP contribution in [0.4, 0.5) is 13.2 Å². The van der Waals surface area contributed by atoms with Gasteiger partial charge < -0.3 is 5.11 Å². The Bertz CT molecular complexity index is 684. The third kappa shape index (κ3) is 2.81. The second kappa shape index (κ2) is 5.35. The third-order valence-corrected chi connectivity index (χ3v) is 3.29. The van der Waals surface area contributed by atoms with Gasteiger partial charge in [-0.05, 0) is 0 Å². The predicted molar refractivity (Wildman–Crippen MR) is 68.8 cm³/mol. The van der Waals surface area contributed by atoms with E-state index in [-0.39, 0.29) is 5.69 Å². The van der Waals surface area contributed by atoms with Gasteiger partial charge in [-0.1, -0.05) is 30.3 Å². The Hall–Kier alpha value is -2.33. The molecule has 0 radical (unpaired) electrons. The fraction of sp³-hybridized carbons (Fsp3) is 0.0769. The van der Waals surface area contributed by atoms with Crippen LogP contribution < -0.4 is 0 Å². The van der Waals surface area contributed by atoms with Gasteiger partial charge in [0.05, 0.1) is 5.69 Å². The molecule has 1 N–H and O–H groups in total. The summed E-state index contributed by atoms with van der Waals surface area (Å²) in [5.74, 6) is -1.93. The van der Waals surface area contributed by atoms with Crippen LogP contribution in [0.5, 0.6) is 0 Å². The highest BCUT2D eigenvalue weighted by Crippen LogP contribution is 2.32. The monoisotopic (exact) mass is 296 g/mol. The highest BCUT2D eigenvalue weighted by atomic mass is 32.1. The van der Waals surface area contributed by atoms with Gasteiger partial charge in [0.15, 0.2) is 0 Å². The quantitative estimate of drug-likeness (QED) is 0.668. The minimum atomic E-state index is -4.97. The summed E-state index contributed by atoms with van der Waals surface area (Å²) in [5, 5.41) is 19.6. The lowest BCUT2D eigenvalue weighted by atomic mass is 10.2. The van der Waals surface area contributed by atoms with E-state index in [2.05, 4.69) is 4.98 Å². The number of nitriles is 1. The average Bonchev–Trinajstić information content (AvgIpc) is 2.89. The molecule has 0 saturated carbocycles. The molecule has 3 nitrogen and oxygen atoms in total. The summed E-state index contributed by atoms with van der Waals surface area (Å²) >= 11 is 1.10. The van der Waals surface area contributed by atoms with Crippen molar-refractivity contribution in [1.29, 1.82) is 5.26 Å². The molecule has 0 atom stereocenters. The molecule has 0 aliphatic carbocycles. The average molecular weight is 296 g/mol. The Kier molecular flexibility index (Phi) is 3.77. The number of hydrogen-bond acceptors (Lipinski definition) is 4. The zero-order valence-corrected chi connectivity index (χ0v) is 10.7. The van der Waals surface area contributed by atoms with Gasteiger partial charge in [-0.25, -0.2) is 4.98 Å². The number of aliphatic hydroxyl groups excluding tert-OH is 1. The van der Waals surface area contributed by atoms with Crippen molar-refractivity contribution in [2.75, 3.05) is 0 Å². The van der Waals surface area contributed by atoms with Gasteiger partial charge in [-0.2, -0.15) is 18.4 Å². The predicted octanol–water partition coefficient (Wildman–Crippen LogP) is 4.17. The van der Waals surface area contributed by atoms with Crippen LogP contribution in [0.2, 0.25) is 0 Å². The summed E-state index contributed by atoms with van der Waals surface area (Å²) < 4.78 is 37.3. The van der Waals surface area contributed by atoms with E-state index in [1.54, 1.807) is 30.3 Å². The van der Waals surface area contributed by atoms with Crippen molar-refractivity contribution in [3.05, 3.63) is 47.2 Å². The number of hydrogen-bond donors (Lipinski definition) is 1. The van der Waals surface area contributed by atoms with Gasteiger partial charge in [-0.15, -0.1) is 11.3 Å². The Morgan fingerprint density at radius 3 is 2.45 bits per heavy atom. The number of thiazole rings is 1. The minimum Gasteiger partial charge on any atom is -0.503 e. The molecule has 1 aromatic carbocycles. The first-order chi connectivity index (χ1) is 9.43. The van der Waals surface area contributed by atoms with Crippen LogP contribution >= 0.6 is 11.3 Å². The molecule has 0 saturated heterocycles. The molecule has 102 valence electrons. The van der Waals surface area contributed by atoms with E-state index in [0.717, 1.165) is 16.9 Å². The largest absolute Gasteiger partial charge is 0.503 e. The fourth-order valence-electron chi connectivity index (χ4n) is 1.48. The van der Waals surface area contributed by atoms with Crippen LogP contribution in [0.25, 0.3) is 16.1 Å². The van der Waals surface area contributed by atoms with Gasteiger partial charge >= 0.3 is 6.18 Å². The number of halogens is 3. The van der Waals surface area contributed by atoms with Crippen molar-refractivity contribution in [3.63, 3.8) is 0 Å². The van der Waals surface area contributed by atoms with Crippen molar-refractivity contribution in [2.24, 2.45) is 0 Å². The standard InChI is InChI=1S/C13H7F3N2OS/c14-13(15,16)11(19)9(6-17)10-7-20-12(18-10)8-4-2-1-3-5-8/h1-5,7,19H. The lowest BCUT2D eigenvalue weighted by molar-refractivity contribution is -0.119. The normalized spacial score (nSPS) is 12.7. The smallest absolute Gasteiger partial charge is 0.450 e. The number of rotatable bonds is 2. The Labute approximate surface area is 116 Å². The van der Waals surface area contributed by atoms with Gasteiger partial charge in [-0.3, -0.25) is 0 Å². The maximum absolute atomic E-state index is 12.4. The first-order valence-electron chi connectivity index (χ1n) is 5.35. The lowest BCUT2D eigenvalue weighted by Gasteiger charge is -2.05. The molecule has 0 bridgehead atoms. The first kappa shape index (κ1) is 14.1. The Morgan fingerprint density at radius 2 is 1.90 bits per heavy atom. The number of nitrogens with zero attached hydrogens (tertiary/aromatic N) is 2. The van der Waals surface area contributed by atoms with Crippen LogP contribution in [0.15, 0.2) is 41.5 Å². The number of aliphatic hydroxyl groups is 1. The first-order valence-corrected chi connectivity index (χ1v) is 6.23. The molecule has 7 heteroatoms. The van der Waals surface area contributed by atoms with Gasteiger partial charge in [0.1, 0.15) is 16.6 Å². The lowest BCUT2D eigenvalue weighted by Crippen LogP contribution is -2.13. The molecule has 20 heavy (non-hydrogen) atoms. The zero-order valence-electron chi connectivity index (χ0n) is 9.85. The fourth-order valence-corrected chi connectivity index (χ4v) is 2.29. The van der Waals surface area contributed by atoms with Crippen LogP contribution in [0.1, 0.15) is 5.69 Å². The maximum Gasteiger partial charge on any atom is 0.450 e. The van der Waals surface area contributed by atoms with Crippen LogP contribution in [-0.4, -0.2) is 16.3 Å². The third-order valence-electron chi connectivity index (χ3n) is 2.40. The summed E-state index contributed by atoms with van der Waals surface area (Å²) in [6.45, 7) is 0. The highest BCUT2D eigenvalue weighted by molar-refractivity contribution is 7.13. The maximum atomic E-state index is 12.4. The van der Waals surface area contributed by atoms with E-state index < -0.39 is 17.5 Å². The number of allylic oxidation sites excluding steroid dienone is 2. The van der Waals surface area contributed by atoms with E-state index >= 15 is 0 Å². The van der Waals surface area contributed by atoms with E-state index in [1.807, 2.05) is 0 Å². The second-order valence-electron chi connectivity index (χ2n) is 3.74. The molecule has 0 aliphatic heterocycles. The molecular weight excluding hydrogens is 289 g/mol. The molecule has 0 fully saturated rings. The molecule has 1 heterocycles. The van der Waals surface area contributed by atoms with Crippen LogP contribution in [0, 0.1) is 11.3 Å². The molecule has 0 unspecified atom stereocenters. The van der Waals surface area contributed by atoms with Crippen molar-refractivity contribution >= 4 is 16.9 Å². The molecule has 0 amide bonds. The van der Waals surface area contributed by atoms with Gasteiger partial charge in [0.25, 0.3) is 0 Å². The number of alkyl halides is 3. The number of aromatic nitrogens is 1. The van der Waals surface area contributed by atoms with Crippen LogP contribution in [-0.2, 0) is 0 Å². The molecule has 1 aromatic heterocycles. The minimum absolute atomic E-state index is 0.189. The van der Waals surface area contributed by atoms with E-state index in [4.69, 9.17) is 10.4 Å². The molecule has 0 aliphatic rings. The summed E-state index contributed by atoms with van der Waals surface area (Å²) in [6.07, 6.45) is -4.97. The summed E-state index contributed by atoms with van der Waals surface area (Å²) in [6, 6.07) is 10.2. The van der Waals surface area contributed by atoms with Crippen LogP contribution in [0.3, 0.4) is 0 Å². The van der Waals surface area contributed by atoms with E-state index in [9.17, 15) is 13.2 Å². The molecule has 2 aromatic rings. The van der Waals surface area contributed by atoms with Crippen molar-refractivity contribution in [1.82, 2.24) is 4.98 Å².